The lowest BCUT2D eigenvalue weighted by Gasteiger charge is -2.44. The van der Waals surface area contributed by atoms with E-state index in [1.165, 1.54) is 12.3 Å². The third-order valence-corrected chi connectivity index (χ3v) is 7.12. The van der Waals surface area contributed by atoms with E-state index in [1.807, 2.05) is 6.08 Å². The molecule has 0 amide bonds. The number of nitrogens with zero attached hydrogens (tertiary/aromatic N) is 2. The summed E-state index contributed by atoms with van der Waals surface area (Å²) in [6, 6.07) is 3.63. The van der Waals surface area contributed by atoms with E-state index >= 15 is 4.39 Å². The smallest absolute Gasteiger partial charge is 0.367 e. The molecule has 3 heterocycles. The van der Waals surface area contributed by atoms with E-state index in [4.69, 9.17) is 0 Å². The van der Waals surface area contributed by atoms with E-state index in [0.717, 1.165) is 18.2 Å². The van der Waals surface area contributed by atoms with Crippen molar-refractivity contribution in [3.63, 3.8) is 0 Å². The summed E-state index contributed by atoms with van der Waals surface area (Å²) in [5.41, 5.74) is 1.69. The van der Waals surface area contributed by atoms with Crippen molar-refractivity contribution in [1.29, 1.82) is 0 Å². The molecule has 3 aliphatic rings. The van der Waals surface area contributed by atoms with E-state index in [9.17, 15) is 13.2 Å². The molecule has 3 N–H and O–H groups in total. The molecule has 1 aromatic carbocycles. The summed E-state index contributed by atoms with van der Waals surface area (Å²) >= 11 is 0. The number of alkyl halides is 3. The van der Waals surface area contributed by atoms with Gasteiger partial charge in [0.1, 0.15) is 5.82 Å². The zero-order valence-corrected chi connectivity index (χ0v) is 20.9. The number of hydrogen-bond acceptors (Lipinski definition) is 5. The Labute approximate surface area is 209 Å². The van der Waals surface area contributed by atoms with E-state index < -0.39 is 11.7 Å². The van der Waals surface area contributed by atoms with Crippen molar-refractivity contribution in [3.8, 4) is 0 Å². The lowest BCUT2D eigenvalue weighted by molar-refractivity contribution is -0.0893. The summed E-state index contributed by atoms with van der Waals surface area (Å²) in [5, 5.41) is 9.06. The SMILES string of the molecule is C=C1C=C(C(F)(F)F)C(C(=C)Nc2cc(C3=CCNCC3)c(F)cc2N2CC(C)N(C)C(C)C2)=CN1. The zero-order chi connectivity index (χ0) is 26.2. The van der Waals surface area contributed by atoms with Crippen LogP contribution in [0.4, 0.5) is 28.9 Å². The van der Waals surface area contributed by atoms with Gasteiger partial charge in [0.15, 0.2) is 0 Å². The van der Waals surface area contributed by atoms with Crippen LogP contribution in [0.2, 0.25) is 0 Å². The average Bonchev–Trinajstić information content (AvgIpc) is 2.83. The minimum atomic E-state index is -4.58. The summed E-state index contributed by atoms with van der Waals surface area (Å²) in [6.07, 6.45) is 0.241. The van der Waals surface area contributed by atoms with Crippen molar-refractivity contribution in [2.45, 2.75) is 38.5 Å². The molecule has 0 radical (unpaired) electrons. The maximum Gasteiger partial charge on any atom is 0.417 e. The number of anilines is 2. The van der Waals surface area contributed by atoms with Crippen LogP contribution in [-0.2, 0) is 0 Å². The van der Waals surface area contributed by atoms with Crippen molar-refractivity contribution in [2.24, 2.45) is 0 Å². The molecule has 1 saturated heterocycles. The minimum Gasteiger partial charge on any atom is -0.367 e. The summed E-state index contributed by atoms with van der Waals surface area (Å²) in [5.74, 6) is -0.348. The standard InChI is InChI=1S/C27H33F4N5/c1-16-10-23(27(29,30)31)22(13-33-16)19(4)34-25-11-21(20-6-8-32-9-7-20)24(28)12-26(25)36-14-17(2)35(5)18(3)15-36/h6,10-13,17-18,32-34H,1,4,7-9,14-15H2,2-3,5H3. The largest absolute Gasteiger partial charge is 0.417 e. The van der Waals surface area contributed by atoms with Gasteiger partial charge in [0.2, 0.25) is 0 Å². The second kappa shape index (κ2) is 10.1. The number of piperazine rings is 1. The Kier molecular flexibility index (Phi) is 7.33. The quantitative estimate of drug-likeness (QED) is 0.486. The second-order valence-corrected chi connectivity index (χ2v) is 9.69. The molecule has 9 heteroatoms. The molecule has 5 nitrogen and oxygen atoms in total. The highest BCUT2D eigenvalue weighted by Crippen LogP contribution is 2.40. The fourth-order valence-electron chi connectivity index (χ4n) is 4.89. The predicted octanol–water partition coefficient (Wildman–Crippen LogP) is 5.15. The van der Waals surface area contributed by atoms with Gasteiger partial charge in [-0.05, 0) is 57.6 Å². The Morgan fingerprint density at radius 2 is 1.86 bits per heavy atom. The molecule has 0 spiro atoms. The molecule has 4 rings (SSSR count). The van der Waals surface area contributed by atoms with Crippen LogP contribution in [0.15, 0.2) is 66.2 Å². The molecule has 0 aliphatic carbocycles. The minimum absolute atomic E-state index is 0.0619. The lowest BCUT2D eigenvalue weighted by atomic mass is 9.96. The molecule has 2 atom stereocenters. The lowest BCUT2D eigenvalue weighted by Crippen LogP contribution is -2.55. The van der Waals surface area contributed by atoms with E-state index in [-0.39, 0.29) is 34.9 Å². The van der Waals surface area contributed by atoms with Crippen LogP contribution in [0, 0.1) is 5.82 Å². The molecule has 0 bridgehead atoms. The molecular formula is C27H33F4N5. The number of rotatable bonds is 5. The molecule has 1 fully saturated rings. The molecule has 2 unspecified atom stereocenters. The summed E-state index contributed by atoms with van der Waals surface area (Å²) < 4.78 is 56.8. The normalized spacial score (nSPS) is 23.5. The third-order valence-electron chi connectivity index (χ3n) is 7.12. The summed E-state index contributed by atoms with van der Waals surface area (Å²) in [7, 11) is 2.06. The highest BCUT2D eigenvalue weighted by atomic mass is 19.4. The zero-order valence-electron chi connectivity index (χ0n) is 20.9. The molecule has 194 valence electrons. The number of likely N-dealkylation sites (N-methyl/N-ethyl adjacent to an activating group) is 1. The average molecular weight is 504 g/mol. The topological polar surface area (TPSA) is 42.6 Å². The van der Waals surface area contributed by atoms with Crippen molar-refractivity contribution in [3.05, 3.63) is 77.6 Å². The van der Waals surface area contributed by atoms with Crippen LogP contribution in [0.5, 0.6) is 0 Å². The number of hydrogen-bond donors (Lipinski definition) is 3. The van der Waals surface area contributed by atoms with Gasteiger partial charge in [-0.15, -0.1) is 0 Å². The highest BCUT2D eigenvalue weighted by Gasteiger charge is 2.38. The van der Waals surface area contributed by atoms with Crippen LogP contribution in [-0.4, -0.2) is 56.4 Å². The maximum absolute atomic E-state index is 15.5. The van der Waals surface area contributed by atoms with Crippen LogP contribution < -0.4 is 20.9 Å². The van der Waals surface area contributed by atoms with E-state index in [1.54, 1.807) is 6.07 Å². The predicted molar refractivity (Wildman–Crippen MR) is 138 cm³/mol. The van der Waals surface area contributed by atoms with Crippen molar-refractivity contribution < 1.29 is 17.6 Å². The van der Waals surface area contributed by atoms with Crippen molar-refractivity contribution in [1.82, 2.24) is 15.5 Å². The summed E-state index contributed by atoms with van der Waals surface area (Å²) in [4.78, 5) is 4.35. The summed E-state index contributed by atoms with van der Waals surface area (Å²) in [6.45, 7) is 14.4. The molecular weight excluding hydrogens is 470 g/mol. The second-order valence-electron chi connectivity index (χ2n) is 9.69. The molecule has 3 aliphatic heterocycles. The highest BCUT2D eigenvalue weighted by molar-refractivity contribution is 5.80. The van der Waals surface area contributed by atoms with Gasteiger partial charge in [0, 0.05) is 60.4 Å². The fourth-order valence-corrected chi connectivity index (χ4v) is 4.89. The van der Waals surface area contributed by atoms with Crippen molar-refractivity contribution in [2.75, 3.05) is 43.4 Å². The first-order valence-electron chi connectivity index (χ1n) is 12.1. The Balaban J connectivity index is 1.74. The maximum atomic E-state index is 15.5. The van der Waals surface area contributed by atoms with Crippen molar-refractivity contribution >= 4 is 16.9 Å². The Morgan fingerprint density at radius 1 is 1.17 bits per heavy atom. The number of halogens is 4. The van der Waals surface area contributed by atoms with Gasteiger partial charge in [-0.3, -0.25) is 4.90 Å². The first-order chi connectivity index (χ1) is 17.0. The Bertz CT molecular complexity index is 1140. The Hall–Kier alpha value is -3.04. The first kappa shape index (κ1) is 26.0. The number of dihydropyridines is 1. The van der Waals surface area contributed by atoms with Gasteiger partial charge >= 0.3 is 6.18 Å². The van der Waals surface area contributed by atoms with Gasteiger partial charge in [-0.1, -0.05) is 19.2 Å². The van der Waals surface area contributed by atoms with Crippen LogP contribution in [0.25, 0.3) is 5.57 Å². The van der Waals surface area contributed by atoms with Crippen LogP contribution in [0.1, 0.15) is 25.8 Å². The van der Waals surface area contributed by atoms with Crippen LogP contribution in [0.3, 0.4) is 0 Å². The first-order valence-corrected chi connectivity index (χ1v) is 12.1. The molecule has 0 saturated carbocycles. The van der Waals surface area contributed by atoms with Gasteiger partial charge in [-0.2, -0.15) is 13.2 Å². The molecule has 0 aromatic heterocycles. The van der Waals surface area contributed by atoms with Crippen LogP contribution >= 0.6 is 0 Å². The number of allylic oxidation sites excluding steroid dienone is 2. The van der Waals surface area contributed by atoms with Gasteiger partial charge in [0.25, 0.3) is 0 Å². The Morgan fingerprint density at radius 3 is 2.47 bits per heavy atom. The third kappa shape index (κ3) is 5.37. The fraction of sp³-hybridized carbons (Fsp3) is 0.407. The van der Waals surface area contributed by atoms with Gasteiger partial charge in [-0.25, -0.2) is 4.39 Å². The van der Waals surface area contributed by atoms with Gasteiger partial charge in [0.05, 0.1) is 16.9 Å². The molecule has 36 heavy (non-hydrogen) atoms. The monoisotopic (exact) mass is 503 g/mol. The van der Waals surface area contributed by atoms with E-state index in [2.05, 4.69) is 59.8 Å². The van der Waals surface area contributed by atoms with Gasteiger partial charge < -0.3 is 20.9 Å². The number of benzene rings is 1. The molecule has 1 aromatic rings. The van der Waals surface area contributed by atoms with E-state index in [0.29, 0.717) is 43.0 Å². The number of nitrogens with one attached hydrogen (secondary N) is 3.